The molecular weight excluding hydrogens is 228 g/mol. The van der Waals surface area contributed by atoms with Crippen molar-refractivity contribution in [2.45, 2.75) is 25.6 Å². The number of methoxy groups -OCH3 is 1. The number of carbonyl (C=O) groups excluding carboxylic acids is 1. The Labute approximate surface area is 108 Å². The molecule has 1 heterocycles. The van der Waals surface area contributed by atoms with Crippen LogP contribution in [0.15, 0.2) is 30.3 Å². The highest BCUT2D eigenvalue weighted by Gasteiger charge is 2.38. The number of nitrogens with one attached hydrogen (secondary N) is 1. The molecular formula is C14H20N2O2. The van der Waals surface area contributed by atoms with Crippen molar-refractivity contribution in [3.8, 4) is 0 Å². The molecule has 4 heteroatoms. The van der Waals surface area contributed by atoms with E-state index in [0.29, 0.717) is 13.2 Å². The standard InChI is InChI=1S/C14H20N2O2/c1-3-12-15-13(11-7-5-4-6-8-11)14(17)16(12)9-10-18-2/h4-8,12-13,15H,3,9-10H2,1-2H3. The van der Waals surface area contributed by atoms with Crippen molar-refractivity contribution in [1.82, 2.24) is 10.2 Å². The number of nitrogens with zero attached hydrogens (tertiary/aromatic N) is 1. The Bertz CT molecular complexity index is 394. The summed E-state index contributed by atoms with van der Waals surface area (Å²) in [6, 6.07) is 9.65. The molecule has 1 N–H and O–H groups in total. The van der Waals surface area contributed by atoms with Gasteiger partial charge in [0.05, 0.1) is 12.8 Å². The van der Waals surface area contributed by atoms with E-state index >= 15 is 0 Å². The third-order valence-corrected chi connectivity index (χ3v) is 3.32. The Morgan fingerprint density at radius 1 is 1.33 bits per heavy atom. The smallest absolute Gasteiger partial charge is 0.245 e. The minimum absolute atomic E-state index is 0.109. The fourth-order valence-electron chi connectivity index (χ4n) is 2.35. The molecule has 1 aromatic rings. The summed E-state index contributed by atoms with van der Waals surface area (Å²) in [5, 5.41) is 3.39. The number of hydrogen-bond acceptors (Lipinski definition) is 3. The van der Waals surface area contributed by atoms with E-state index in [1.807, 2.05) is 35.2 Å². The van der Waals surface area contributed by atoms with Gasteiger partial charge in [-0.15, -0.1) is 0 Å². The van der Waals surface area contributed by atoms with E-state index in [-0.39, 0.29) is 18.1 Å². The summed E-state index contributed by atoms with van der Waals surface area (Å²) in [6.45, 7) is 3.30. The van der Waals surface area contributed by atoms with Crippen LogP contribution in [0.5, 0.6) is 0 Å². The Morgan fingerprint density at radius 2 is 2.06 bits per heavy atom. The monoisotopic (exact) mass is 248 g/mol. The average Bonchev–Trinajstić information content (AvgIpc) is 2.74. The highest BCUT2D eigenvalue weighted by Crippen LogP contribution is 2.24. The van der Waals surface area contributed by atoms with E-state index in [1.54, 1.807) is 7.11 Å². The molecule has 0 aromatic heterocycles. The molecule has 1 aromatic carbocycles. The summed E-state index contributed by atoms with van der Waals surface area (Å²) in [5.74, 6) is 0.144. The second-order valence-corrected chi connectivity index (χ2v) is 4.46. The van der Waals surface area contributed by atoms with E-state index in [2.05, 4.69) is 12.2 Å². The van der Waals surface area contributed by atoms with Crippen molar-refractivity contribution >= 4 is 5.91 Å². The predicted octanol–water partition coefficient (Wildman–Crippen LogP) is 1.54. The van der Waals surface area contributed by atoms with E-state index in [1.165, 1.54) is 0 Å². The molecule has 1 fully saturated rings. The zero-order valence-corrected chi connectivity index (χ0v) is 10.9. The molecule has 0 bridgehead atoms. The molecule has 0 aliphatic carbocycles. The molecule has 98 valence electrons. The lowest BCUT2D eigenvalue weighted by molar-refractivity contribution is -0.130. The molecule has 1 aliphatic rings. The highest BCUT2D eigenvalue weighted by atomic mass is 16.5. The summed E-state index contributed by atoms with van der Waals surface area (Å²) in [4.78, 5) is 14.3. The van der Waals surface area contributed by atoms with Crippen LogP contribution < -0.4 is 5.32 Å². The van der Waals surface area contributed by atoms with Crippen LogP contribution >= 0.6 is 0 Å². The third-order valence-electron chi connectivity index (χ3n) is 3.32. The number of benzene rings is 1. The second-order valence-electron chi connectivity index (χ2n) is 4.46. The first-order chi connectivity index (χ1) is 8.77. The van der Waals surface area contributed by atoms with Crippen molar-refractivity contribution in [1.29, 1.82) is 0 Å². The summed E-state index contributed by atoms with van der Waals surface area (Å²) in [6.07, 6.45) is 1.01. The maximum Gasteiger partial charge on any atom is 0.245 e. The largest absolute Gasteiger partial charge is 0.383 e. The molecule has 0 radical (unpaired) electrons. The van der Waals surface area contributed by atoms with Gasteiger partial charge in [-0.2, -0.15) is 0 Å². The lowest BCUT2D eigenvalue weighted by atomic mass is 10.1. The van der Waals surface area contributed by atoms with Gasteiger partial charge in [0, 0.05) is 13.7 Å². The zero-order valence-electron chi connectivity index (χ0n) is 10.9. The second kappa shape index (κ2) is 5.98. The van der Waals surface area contributed by atoms with Crippen LogP contribution in [0.4, 0.5) is 0 Å². The maximum atomic E-state index is 12.4. The molecule has 1 amide bonds. The van der Waals surface area contributed by atoms with Gasteiger partial charge in [-0.1, -0.05) is 37.3 Å². The van der Waals surface area contributed by atoms with Gasteiger partial charge in [0.15, 0.2) is 0 Å². The van der Waals surface area contributed by atoms with Gasteiger partial charge in [-0.25, -0.2) is 0 Å². The van der Waals surface area contributed by atoms with Crippen LogP contribution in [0.25, 0.3) is 0 Å². The first-order valence-corrected chi connectivity index (χ1v) is 6.38. The van der Waals surface area contributed by atoms with Crippen LogP contribution in [-0.4, -0.2) is 37.2 Å². The predicted molar refractivity (Wildman–Crippen MR) is 70.0 cm³/mol. The number of rotatable bonds is 5. The van der Waals surface area contributed by atoms with Gasteiger partial charge in [0.2, 0.25) is 5.91 Å². The van der Waals surface area contributed by atoms with Gasteiger partial charge < -0.3 is 9.64 Å². The minimum Gasteiger partial charge on any atom is -0.383 e. The van der Waals surface area contributed by atoms with Crippen LogP contribution in [0.3, 0.4) is 0 Å². The summed E-state index contributed by atoms with van der Waals surface area (Å²) in [7, 11) is 1.66. The highest BCUT2D eigenvalue weighted by molar-refractivity contribution is 5.85. The zero-order chi connectivity index (χ0) is 13.0. The van der Waals surface area contributed by atoms with Crippen LogP contribution in [0.1, 0.15) is 24.9 Å². The molecule has 1 saturated heterocycles. The first-order valence-electron chi connectivity index (χ1n) is 6.38. The summed E-state index contributed by atoms with van der Waals surface area (Å²) >= 11 is 0. The Hall–Kier alpha value is -1.39. The fourth-order valence-corrected chi connectivity index (χ4v) is 2.35. The minimum atomic E-state index is -0.215. The number of amides is 1. The van der Waals surface area contributed by atoms with Crippen LogP contribution in [0, 0.1) is 0 Å². The number of hydrogen-bond donors (Lipinski definition) is 1. The van der Waals surface area contributed by atoms with Gasteiger partial charge in [-0.05, 0) is 12.0 Å². The Balaban J connectivity index is 2.13. The molecule has 2 atom stereocenters. The lowest BCUT2D eigenvalue weighted by Crippen LogP contribution is -2.38. The average molecular weight is 248 g/mol. The van der Waals surface area contributed by atoms with Gasteiger partial charge >= 0.3 is 0 Å². The van der Waals surface area contributed by atoms with Crippen molar-refractivity contribution in [3.05, 3.63) is 35.9 Å². The van der Waals surface area contributed by atoms with Gasteiger partial charge in [0.1, 0.15) is 6.04 Å². The summed E-state index contributed by atoms with van der Waals surface area (Å²) in [5.41, 5.74) is 1.03. The Kier molecular flexibility index (Phi) is 4.33. The molecule has 1 aliphatic heterocycles. The quantitative estimate of drug-likeness (QED) is 0.859. The van der Waals surface area contributed by atoms with Crippen molar-refractivity contribution < 1.29 is 9.53 Å². The molecule has 2 unspecified atom stereocenters. The van der Waals surface area contributed by atoms with Crippen molar-refractivity contribution in [3.63, 3.8) is 0 Å². The van der Waals surface area contributed by atoms with E-state index in [0.717, 1.165) is 12.0 Å². The van der Waals surface area contributed by atoms with Crippen molar-refractivity contribution in [2.24, 2.45) is 0 Å². The lowest BCUT2D eigenvalue weighted by Gasteiger charge is -2.22. The molecule has 0 saturated carbocycles. The number of carbonyl (C=O) groups is 1. The van der Waals surface area contributed by atoms with Crippen LogP contribution in [-0.2, 0) is 9.53 Å². The SMILES string of the molecule is CCC1NC(c2ccccc2)C(=O)N1CCOC. The maximum absolute atomic E-state index is 12.4. The van der Waals surface area contributed by atoms with E-state index in [4.69, 9.17) is 4.74 Å². The van der Waals surface area contributed by atoms with E-state index < -0.39 is 0 Å². The van der Waals surface area contributed by atoms with Gasteiger partial charge in [-0.3, -0.25) is 10.1 Å². The van der Waals surface area contributed by atoms with Crippen molar-refractivity contribution in [2.75, 3.05) is 20.3 Å². The molecule has 0 spiro atoms. The topological polar surface area (TPSA) is 41.6 Å². The Morgan fingerprint density at radius 3 is 2.67 bits per heavy atom. The molecule has 18 heavy (non-hydrogen) atoms. The normalized spacial score (nSPS) is 23.7. The molecule has 4 nitrogen and oxygen atoms in total. The molecule has 2 rings (SSSR count). The fraction of sp³-hybridized carbons (Fsp3) is 0.500. The summed E-state index contributed by atoms with van der Waals surface area (Å²) < 4.78 is 5.06. The van der Waals surface area contributed by atoms with E-state index in [9.17, 15) is 4.79 Å². The van der Waals surface area contributed by atoms with Gasteiger partial charge in [0.25, 0.3) is 0 Å². The first kappa shape index (κ1) is 13.1. The van der Waals surface area contributed by atoms with Crippen LogP contribution in [0.2, 0.25) is 0 Å². The number of ether oxygens (including phenoxy) is 1. The third kappa shape index (κ3) is 2.54.